The molecule has 0 saturated heterocycles. The van der Waals surface area contributed by atoms with Gasteiger partial charge in [-0.3, -0.25) is 9.59 Å². The molecule has 27 heavy (non-hydrogen) atoms. The number of benzene rings is 1. The molecule has 144 valence electrons. The van der Waals surface area contributed by atoms with E-state index in [-0.39, 0.29) is 24.3 Å². The van der Waals surface area contributed by atoms with Crippen LogP contribution in [-0.2, 0) is 9.59 Å². The molecule has 2 rings (SSSR count). The van der Waals surface area contributed by atoms with Gasteiger partial charge >= 0.3 is 0 Å². The molecule has 2 N–H and O–H groups in total. The first kappa shape index (κ1) is 20.6. The Morgan fingerprint density at radius 2 is 2.00 bits per heavy atom. The van der Waals surface area contributed by atoms with E-state index in [2.05, 4.69) is 15.8 Å². The monoisotopic (exact) mass is 387 g/mol. The summed E-state index contributed by atoms with van der Waals surface area (Å²) in [4.78, 5) is 25.6. The van der Waals surface area contributed by atoms with E-state index in [9.17, 15) is 9.59 Å². The number of nitrogens with zero attached hydrogens (tertiary/aromatic N) is 1. The molecule has 1 atom stereocenters. The van der Waals surface area contributed by atoms with Crippen LogP contribution in [0.2, 0.25) is 0 Å². The number of rotatable bonds is 9. The molecule has 0 bridgehead atoms. The van der Waals surface area contributed by atoms with E-state index in [0.29, 0.717) is 12.2 Å². The van der Waals surface area contributed by atoms with E-state index in [0.717, 1.165) is 10.4 Å². The van der Waals surface area contributed by atoms with E-state index in [1.165, 1.54) is 11.3 Å². The van der Waals surface area contributed by atoms with Gasteiger partial charge in [0.25, 0.3) is 11.8 Å². The van der Waals surface area contributed by atoms with E-state index >= 15 is 0 Å². The van der Waals surface area contributed by atoms with Gasteiger partial charge < -0.3 is 10.1 Å². The molecule has 2 amide bonds. The largest absolute Gasteiger partial charge is 0.484 e. The first-order valence-corrected chi connectivity index (χ1v) is 9.68. The highest BCUT2D eigenvalue weighted by Gasteiger charge is 2.22. The van der Waals surface area contributed by atoms with Crippen molar-refractivity contribution in [2.45, 2.75) is 33.2 Å². The maximum Gasteiger partial charge on any atom is 0.262 e. The Kier molecular flexibility index (Phi) is 8.00. The second-order valence-corrected chi connectivity index (χ2v) is 7.53. The highest BCUT2D eigenvalue weighted by atomic mass is 32.1. The minimum absolute atomic E-state index is 0.148. The minimum Gasteiger partial charge on any atom is -0.484 e. The zero-order chi connectivity index (χ0) is 19.6. The van der Waals surface area contributed by atoms with Crippen LogP contribution in [0.1, 0.15) is 30.7 Å². The molecular formula is C20H25N3O3S. The molecule has 0 saturated carbocycles. The number of hydrazone groups is 1. The molecule has 1 aromatic heterocycles. The number of hydrogen-bond acceptors (Lipinski definition) is 5. The van der Waals surface area contributed by atoms with Crippen LogP contribution in [0.25, 0.3) is 0 Å². The van der Waals surface area contributed by atoms with Crippen LogP contribution >= 0.6 is 11.3 Å². The van der Waals surface area contributed by atoms with Crippen molar-refractivity contribution in [1.29, 1.82) is 0 Å². The third-order valence-corrected chi connectivity index (χ3v) is 4.53. The predicted octanol–water partition coefficient (Wildman–Crippen LogP) is 3.12. The normalized spacial score (nSPS) is 12.1. The lowest BCUT2D eigenvalue weighted by Gasteiger charge is -2.19. The van der Waals surface area contributed by atoms with Gasteiger partial charge in [-0.1, -0.05) is 38.1 Å². The van der Waals surface area contributed by atoms with E-state index < -0.39 is 6.04 Å². The number of aryl methyl sites for hydroxylation is 1. The summed E-state index contributed by atoms with van der Waals surface area (Å²) in [6.45, 7) is 5.75. The van der Waals surface area contributed by atoms with Gasteiger partial charge in [0.1, 0.15) is 11.8 Å². The number of carbonyl (C=O) groups excluding carboxylic acids is 2. The summed E-state index contributed by atoms with van der Waals surface area (Å²) in [5, 5.41) is 8.62. The molecule has 7 heteroatoms. The summed E-state index contributed by atoms with van der Waals surface area (Å²) in [5.41, 5.74) is 3.45. The molecule has 0 spiro atoms. The van der Waals surface area contributed by atoms with Gasteiger partial charge in [-0.15, -0.1) is 11.3 Å². The zero-order valence-corrected chi connectivity index (χ0v) is 16.6. The van der Waals surface area contributed by atoms with Crippen molar-refractivity contribution in [2.75, 3.05) is 6.61 Å². The average Bonchev–Trinajstić information content (AvgIpc) is 3.13. The Morgan fingerprint density at radius 3 is 2.67 bits per heavy atom. The number of para-hydroxylation sites is 1. The first-order valence-electron chi connectivity index (χ1n) is 8.80. The van der Waals surface area contributed by atoms with Crippen LogP contribution in [0.3, 0.4) is 0 Å². The smallest absolute Gasteiger partial charge is 0.262 e. The fourth-order valence-electron chi connectivity index (χ4n) is 2.40. The van der Waals surface area contributed by atoms with Crippen molar-refractivity contribution in [3.05, 3.63) is 52.2 Å². The fraction of sp³-hybridized carbons (Fsp3) is 0.350. The fourth-order valence-corrected chi connectivity index (χ4v) is 2.99. The quantitative estimate of drug-likeness (QED) is 0.512. The Morgan fingerprint density at radius 1 is 1.22 bits per heavy atom. The maximum atomic E-state index is 12.4. The van der Waals surface area contributed by atoms with Gasteiger partial charge in [0.05, 0.1) is 6.21 Å². The third-order valence-electron chi connectivity index (χ3n) is 3.72. The van der Waals surface area contributed by atoms with Gasteiger partial charge in [-0.05, 0) is 42.3 Å². The van der Waals surface area contributed by atoms with E-state index in [4.69, 9.17) is 4.74 Å². The lowest BCUT2D eigenvalue weighted by Crippen LogP contribution is -2.47. The number of ether oxygens (including phenoxy) is 1. The molecule has 6 nitrogen and oxygen atoms in total. The molecule has 0 aliphatic heterocycles. The summed E-state index contributed by atoms with van der Waals surface area (Å²) in [6.07, 6.45) is 2.09. The number of thiophene rings is 1. The lowest BCUT2D eigenvalue weighted by atomic mass is 10.0. The second kappa shape index (κ2) is 10.5. The minimum atomic E-state index is -0.668. The van der Waals surface area contributed by atoms with Gasteiger partial charge in [-0.25, -0.2) is 5.43 Å². The van der Waals surface area contributed by atoms with Gasteiger partial charge in [0.15, 0.2) is 6.61 Å². The van der Waals surface area contributed by atoms with Crippen molar-refractivity contribution in [2.24, 2.45) is 11.0 Å². The number of carbonyl (C=O) groups is 2. The summed E-state index contributed by atoms with van der Waals surface area (Å²) < 4.78 is 5.54. The van der Waals surface area contributed by atoms with Crippen LogP contribution in [-0.4, -0.2) is 30.7 Å². The molecule has 0 fully saturated rings. The molecule has 2 aromatic rings. The van der Waals surface area contributed by atoms with Crippen LogP contribution in [0, 0.1) is 12.8 Å². The molecule has 0 unspecified atom stereocenters. The summed E-state index contributed by atoms with van der Waals surface area (Å²) >= 11 is 1.52. The molecule has 0 radical (unpaired) electrons. The van der Waals surface area contributed by atoms with Gasteiger partial charge in [-0.2, -0.15) is 5.10 Å². The van der Waals surface area contributed by atoms with Crippen LogP contribution in [0.15, 0.2) is 46.9 Å². The molecule has 1 aromatic carbocycles. The van der Waals surface area contributed by atoms with Crippen molar-refractivity contribution >= 4 is 29.4 Å². The number of amides is 2. The summed E-state index contributed by atoms with van der Waals surface area (Å²) in [7, 11) is 0. The van der Waals surface area contributed by atoms with E-state index in [1.807, 2.05) is 56.5 Å². The summed E-state index contributed by atoms with van der Waals surface area (Å²) in [5.74, 6) is 0.194. The standard InChI is InChI=1S/C20H25N3O3S/c1-14(2)11-17(20(25)23-21-12-16-8-6-10-27-16)22-19(24)13-26-18-9-5-4-7-15(18)3/h4-10,12,14,17H,11,13H2,1-3H3,(H,22,24)(H,23,25)/b21-12-/t17-/m0/s1. The Balaban J connectivity index is 1.89. The molecule has 1 heterocycles. The average molecular weight is 388 g/mol. The highest BCUT2D eigenvalue weighted by Crippen LogP contribution is 2.15. The third kappa shape index (κ3) is 7.22. The van der Waals surface area contributed by atoms with Crippen LogP contribution in [0.4, 0.5) is 0 Å². The molecule has 0 aliphatic carbocycles. The van der Waals surface area contributed by atoms with Crippen LogP contribution < -0.4 is 15.5 Å². The van der Waals surface area contributed by atoms with Crippen LogP contribution in [0.5, 0.6) is 5.75 Å². The van der Waals surface area contributed by atoms with Gasteiger partial charge in [0.2, 0.25) is 0 Å². The topological polar surface area (TPSA) is 79.8 Å². The lowest BCUT2D eigenvalue weighted by molar-refractivity contribution is -0.130. The second-order valence-electron chi connectivity index (χ2n) is 6.55. The maximum absolute atomic E-state index is 12.4. The Labute approximate surface area is 163 Å². The predicted molar refractivity (Wildman–Crippen MR) is 108 cm³/mol. The number of hydrogen-bond donors (Lipinski definition) is 2. The Bertz CT molecular complexity index is 773. The Hall–Kier alpha value is -2.67. The van der Waals surface area contributed by atoms with Crippen molar-refractivity contribution < 1.29 is 14.3 Å². The summed E-state index contributed by atoms with van der Waals surface area (Å²) in [6, 6.07) is 10.6. The SMILES string of the molecule is Cc1ccccc1OCC(=O)N[C@@H](CC(C)C)C(=O)N/N=C\c1cccs1. The van der Waals surface area contributed by atoms with Crippen molar-refractivity contribution in [3.8, 4) is 5.75 Å². The van der Waals surface area contributed by atoms with Gasteiger partial charge in [0, 0.05) is 4.88 Å². The van der Waals surface area contributed by atoms with Crippen molar-refractivity contribution in [1.82, 2.24) is 10.7 Å². The number of nitrogens with one attached hydrogen (secondary N) is 2. The molecule has 0 aliphatic rings. The van der Waals surface area contributed by atoms with E-state index in [1.54, 1.807) is 12.3 Å². The van der Waals surface area contributed by atoms with Crippen molar-refractivity contribution in [3.63, 3.8) is 0 Å². The zero-order valence-electron chi connectivity index (χ0n) is 15.8. The first-order chi connectivity index (χ1) is 13.0. The molecular weight excluding hydrogens is 362 g/mol. The highest BCUT2D eigenvalue weighted by molar-refractivity contribution is 7.11.